The topological polar surface area (TPSA) is 60.7 Å². The molecule has 0 unspecified atom stereocenters. The molecule has 0 spiro atoms. The van der Waals surface area contributed by atoms with Crippen molar-refractivity contribution in [2.75, 3.05) is 5.75 Å². The fraction of sp³-hybridized carbons (Fsp3) is 0.206. The Labute approximate surface area is 249 Å². The van der Waals surface area contributed by atoms with E-state index in [9.17, 15) is 9.59 Å². The first-order chi connectivity index (χ1) is 19.9. The van der Waals surface area contributed by atoms with Gasteiger partial charge in [-0.05, 0) is 92.6 Å². The normalized spacial score (nSPS) is 11.8. The van der Waals surface area contributed by atoms with Crippen LogP contribution >= 0.6 is 23.4 Å². The van der Waals surface area contributed by atoms with E-state index in [4.69, 9.17) is 16.4 Å². The van der Waals surface area contributed by atoms with Crippen LogP contribution in [0.25, 0.3) is 21.8 Å². The zero-order valence-electron chi connectivity index (χ0n) is 23.3. The van der Waals surface area contributed by atoms with Crippen molar-refractivity contribution in [1.29, 1.82) is 0 Å². The molecule has 4 aromatic carbocycles. The van der Waals surface area contributed by atoms with Crippen LogP contribution in [0.1, 0.15) is 53.7 Å². The molecule has 0 atom stereocenters. The molecule has 41 heavy (non-hydrogen) atoms. The molecule has 5 aromatic rings. The quantitative estimate of drug-likeness (QED) is 0.0412. The van der Waals surface area contributed by atoms with Gasteiger partial charge in [0.1, 0.15) is 0 Å². The molecule has 0 N–H and O–H groups in total. The van der Waals surface area contributed by atoms with Gasteiger partial charge in [-0.25, -0.2) is 4.79 Å². The summed E-state index contributed by atoms with van der Waals surface area (Å²) < 4.78 is 2.25. The number of aromatic nitrogens is 1. The molecule has 0 aliphatic carbocycles. The van der Waals surface area contributed by atoms with E-state index in [1.165, 1.54) is 6.92 Å². The number of carbonyl (C=O) groups is 2. The molecule has 5 rings (SSSR count). The number of carbonyl (C=O) groups excluding carboxylic acids is 2. The second-order valence-electron chi connectivity index (χ2n) is 9.88. The standard InChI is InChI=1S/C34H31ClN2O3S/c1-4-37-32-17-11-24(31(36-40-23(3)38)10-7-19-41-27-15-13-26(35)14-16-27)20-29(32)30-21-25(12-18-33(30)37)34(39)28-9-6-5-8-22(28)2/h5-6,8-9,11-18,20-21H,4,7,10,19H2,1-3H3/b36-31+. The minimum atomic E-state index is -0.457. The van der Waals surface area contributed by atoms with Gasteiger partial charge in [0.05, 0.1) is 5.71 Å². The van der Waals surface area contributed by atoms with E-state index in [-0.39, 0.29) is 5.78 Å². The van der Waals surface area contributed by atoms with Gasteiger partial charge in [0, 0.05) is 61.9 Å². The number of benzene rings is 4. The first-order valence-corrected chi connectivity index (χ1v) is 15.0. The smallest absolute Gasteiger partial charge is 0.331 e. The first-order valence-electron chi connectivity index (χ1n) is 13.6. The number of thioether (sulfide) groups is 1. The van der Waals surface area contributed by atoms with Crippen molar-refractivity contribution in [3.05, 3.63) is 112 Å². The third-order valence-electron chi connectivity index (χ3n) is 7.09. The van der Waals surface area contributed by atoms with Gasteiger partial charge >= 0.3 is 5.97 Å². The van der Waals surface area contributed by atoms with Crippen LogP contribution in [0.4, 0.5) is 0 Å². The number of hydrogen-bond acceptors (Lipinski definition) is 5. The molecule has 0 amide bonds. The number of nitrogens with zero attached hydrogens (tertiary/aromatic N) is 2. The molecule has 5 nitrogen and oxygen atoms in total. The minimum absolute atomic E-state index is 0.00819. The van der Waals surface area contributed by atoms with Gasteiger partial charge < -0.3 is 9.40 Å². The summed E-state index contributed by atoms with van der Waals surface area (Å²) >= 11 is 7.75. The van der Waals surface area contributed by atoms with E-state index in [1.807, 2.05) is 79.7 Å². The molecular formula is C34H31ClN2O3S. The third-order valence-corrected chi connectivity index (χ3v) is 8.44. The lowest BCUT2D eigenvalue weighted by Crippen LogP contribution is -2.05. The number of ketones is 1. The summed E-state index contributed by atoms with van der Waals surface area (Å²) in [6, 6.07) is 27.6. The van der Waals surface area contributed by atoms with Crippen LogP contribution in [0.15, 0.2) is 95.0 Å². The summed E-state index contributed by atoms with van der Waals surface area (Å²) in [5.74, 6) is 0.428. The van der Waals surface area contributed by atoms with E-state index in [2.05, 4.69) is 28.8 Å². The number of aryl methyl sites for hydroxylation is 2. The largest absolute Gasteiger partial charge is 0.341 e. The zero-order valence-corrected chi connectivity index (χ0v) is 24.9. The number of hydrogen-bond donors (Lipinski definition) is 0. The summed E-state index contributed by atoms with van der Waals surface area (Å²) in [4.78, 5) is 31.3. The molecule has 208 valence electrons. The Bertz CT molecular complexity index is 1770. The van der Waals surface area contributed by atoms with Gasteiger partial charge in [-0.2, -0.15) is 0 Å². The highest BCUT2D eigenvalue weighted by Gasteiger charge is 2.17. The summed E-state index contributed by atoms with van der Waals surface area (Å²) in [6.45, 7) is 6.22. The fourth-order valence-electron chi connectivity index (χ4n) is 5.07. The minimum Gasteiger partial charge on any atom is -0.341 e. The zero-order chi connectivity index (χ0) is 28.9. The molecule has 1 heterocycles. The van der Waals surface area contributed by atoms with E-state index in [0.29, 0.717) is 23.3 Å². The molecule has 0 bridgehead atoms. The maximum Gasteiger partial charge on any atom is 0.331 e. The molecule has 0 aliphatic rings. The van der Waals surface area contributed by atoms with Crippen molar-refractivity contribution >= 4 is 62.6 Å². The molecule has 1 aromatic heterocycles. The van der Waals surface area contributed by atoms with E-state index in [0.717, 1.165) is 61.6 Å². The number of fused-ring (bicyclic) bond motifs is 3. The van der Waals surface area contributed by atoms with Crippen LogP contribution in [0.2, 0.25) is 5.02 Å². The van der Waals surface area contributed by atoms with E-state index >= 15 is 0 Å². The first kappa shape index (κ1) is 28.7. The number of halogens is 1. The van der Waals surface area contributed by atoms with Crippen molar-refractivity contribution in [2.45, 2.75) is 45.1 Å². The van der Waals surface area contributed by atoms with Gasteiger partial charge in [-0.3, -0.25) is 4.79 Å². The highest BCUT2D eigenvalue weighted by molar-refractivity contribution is 7.99. The van der Waals surface area contributed by atoms with Crippen molar-refractivity contribution < 1.29 is 14.4 Å². The summed E-state index contributed by atoms with van der Waals surface area (Å²) in [5.41, 5.74) is 6.07. The Kier molecular flexibility index (Phi) is 8.91. The molecule has 0 saturated heterocycles. The SMILES string of the molecule is CCn1c2ccc(C(=O)c3ccccc3C)cc2c2cc(/C(CCCSc3ccc(Cl)cc3)=N/OC(C)=O)ccc21. The lowest BCUT2D eigenvalue weighted by molar-refractivity contribution is -0.140. The maximum absolute atomic E-state index is 13.4. The Morgan fingerprint density at radius 3 is 2.22 bits per heavy atom. The van der Waals surface area contributed by atoms with Gasteiger partial charge in [0.2, 0.25) is 0 Å². The number of oxime groups is 1. The van der Waals surface area contributed by atoms with Gasteiger partial charge in [-0.1, -0.05) is 47.1 Å². The van der Waals surface area contributed by atoms with Crippen LogP contribution in [-0.2, 0) is 16.2 Å². The molecular weight excluding hydrogens is 552 g/mol. The molecule has 0 radical (unpaired) electrons. The summed E-state index contributed by atoms with van der Waals surface area (Å²) in [7, 11) is 0. The highest BCUT2D eigenvalue weighted by Crippen LogP contribution is 2.32. The predicted molar refractivity (Wildman–Crippen MR) is 169 cm³/mol. The summed E-state index contributed by atoms with van der Waals surface area (Å²) in [6.07, 6.45) is 1.49. The number of rotatable bonds is 10. The van der Waals surface area contributed by atoms with E-state index in [1.54, 1.807) is 11.8 Å². The Hall–Kier alpha value is -3.87. The summed E-state index contributed by atoms with van der Waals surface area (Å²) in [5, 5.41) is 7.00. The van der Waals surface area contributed by atoms with Crippen LogP contribution < -0.4 is 0 Å². The van der Waals surface area contributed by atoms with E-state index < -0.39 is 5.97 Å². The van der Waals surface area contributed by atoms with Gasteiger partial charge in [0.25, 0.3) is 0 Å². The van der Waals surface area contributed by atoms with Crippen molar-refractivity contribution in [3.8, 4) is 0 Å². The molecule has 0 aliphatic heterocycles. The molecule has 7 heteroatoms. The van der Waals surface area contributed by atoms with Crippen molar-refractivity contribution in [1.82, 2.24) is 4.57 Å². The van der Waals surface area contributed by atoms with Crippen LogP contribution in [0, 0.1) is 6.92 Å². The fourth-order valence-corrected chi connectivity index (χ4v) is 6.05. The van der Waals surface area contributed by atoms with Crippen LogP contribution in [0.5, 0.6) is 0 Å². The average Bonchev–Trinajstić information content (AvgIpc) is 3.29. The lowest BCUT2D eigenvalue weighted by Gasteiger charge is -2.08. The highest BCUT2D eigenvalue weighted by atomic mass is 35.5. The third kappa shape index (κ3) is 6.39. The maximum atomic E-state index is 13.4. The lowest BCUT2D eigenvalue weighted by atomic mass is 9.97. The van der Waals surface area contributed by atoms with Crippen molar-refractivity contribution in [2.24, 2.45) is 5.16 Å². The van der Waals surface area contributed by atoms with Crippen LogP contribution in [0.3, 0.4) is 0 Å². The second kappa shape index (κ2) is 12.8. The predicted octanol–water partition coefficient (Wildman–Crippen LogP) is 8.85. The second-order valence-corrected chi connectivity index (χ2v) is 11.5. The Morgan fingerprint density at radius 1 is 0.902 bits per heavy atom. The van der Waals surface area contributed by atoms with Gasteiger partial charge in [-0.15, -0.1) is 11.8 Å². The molecule has 0 fully saturated rings. The average molecular weight is 583 g/mol. The van der Waals surface area contributed by atoms with Crippen molar-refractivity contribution in [3.63, 3.8) is 0 Å². The molecule has 0 saturated carbocycles. The van der Waals surface area contributed by atoms with Crippen LogP contribution in [-0.4, -0.2) is 27.8 Å². The monoisotopic (exact) mass is 582 g/mol. The van der Waals surface area contributed by atoms with Gasteiger partial charge in [0.15, 0.2) is 5.78 Å². The Morgan fingerprint density at radius 2 is 1.56 bits per heavy atom. The Balaban J connectivity index is 1.48.